The fourth-order valence-corrected chi connectivity index (χ4v) is 1.91. The average Bonchev–Trinajstić information content (AvgIpc) is 2.72. The Balaban J connectivity index is 2.23. The van der Waals surface area contributed by atoms with Crippen LogP contribution in [0.25, 0.3) is 10.9 Å². The lowest BCUT2D eigenvalue weighted by Crippen LogP contribution is -1.95. The van der Waals surface area contributed by atoms with Gasteiger partial charge in [0.1, 0.15) is 5.75 Å². The van der Waals surface area contributed by atoms with E-state index < -0.39 is 0 Å². The Hall–Kier alpha value is -1.70. The molecule has 1 aromatic heterocycles. The number of methoxy groups -OCH3 is 1. The molecule has 84 valence electrons. The van der Waals surface area contributed by atoms with Crippen molar-refractivity contribution in [3.8, 4) is 5.75 Å². The van der Waals surface area contributed by atoms with Gasteiger partial charge in [0.15, 0.2) is 0 Å². The lowest BCUT2D eigenvalue weighted by atomic mass is 10.2. The highest BCUT2D eigenvalue weighted by molar-refractivity contribution is 5.81. The molecule has 0 fully saturated rings. The first-order valence-electron chi connectivity index (χ1n) is 5.59. The van der Waals surface area contributed by atoms with Gasteiger partial charge in [0.25, 0.3) is 0 Å². The summed E-state index contributed by atoms with van der Waals surface area (Å²) < 4.78 is 7.48. The summed E-state index contributed by atoms with van der Waals surface area (Å²) in [5, 5.41) is 1.23. The predicted molar refractivity (Wildman–Crippen MR) is 67.9 cm³/mol. The van der Waals surface area contributed by atoms with Crippen molar-refractivity contribution in [2.24, 2.45) is 0 Å². The summed E-state index contributed by atoms with van der Waals surface area (Å²) in [4.78, 5) is 0. The fourth-order valence-electron chi connectivity index (χ4n) is 1.91. The maximum Gasteiger partial charge on any atom is 0.119 e. The van der Waals surface area contributed by atoms with Crippen LogP contribution in [-0.2, 0) is 6.54 Å². The molecule has 0 unspecified atom stereocenters. The molecule has 0 radical (unpaired) electrons. The van der Waals surface area contributed by atoms with E-state index in [1.54, 1.807) is 7.11 Å². The number of fused-ring (bicyclic) bond motifs is 1. The van der Waals surface area contributed by atoms with Gasteiger partial charge in [-0.15, -0.1) is 6.58 Å². The van der Waals surface area contributed by atoms with Crippen molar-refractivity contribution >= 4 is 10.9 Å². The van der Waals surface area contributed by atoms with E-state index in [1.165, 1.54) is 10.9 Å². The minimum Gasteiger partial charge on any atom is -0.497 e. The molecule has 2 heteroatoms. The second-order valence-electron chi connectivity index (χ2n) is 3.86. The Kier molecular flexibility index (Phi) is 3.30. The largest absolute Gasteiger partial charge is 0.497 e. The van der Waals surface area contributed by atoms with Crippen molar-refractivity contribution < 1.29 is 4.74 Å². The zero-order chi connectivity index (χ0) is 11.4. The first-order valence-corrected chi connectivity index (χ1v) is 5.59. The SMILES string of the molecule is C=CCCCn1ccc2cc(OC)ccc21. The maximum atomic E-state index is 5.21. The molecule has 16 heavy (non-hydrogen) atoms. The van der Waals surface area contributed by atoms with E-state index in [2.05, 4.69) is 35.5 Å². The fraction of sp³-hybridized carbons (Fsp3) is 0.286. The number of hydrogen-bond acceptors (Lipinski definition) is 1. The van der Waals surface area contributed by atoms with Crippen LogP contribution in [0.5, 0.6) is 5.75 Å². The van der Waals surface area contributed by atoms with Crippen LogP contribution >= 0.6 is 0 Å². The van der Waals surface area contributed by atoms with E-state index in [4.69, 9.17) is 4.74 Å². The van der Waals surface area contributed by atoms with Crippen LogP contribution in [0.2, 0.25) is 0 Å². The molecule has 1 heterocycles. The molecule has 0 saturated carbocycles. The number of ether oxygens (including phenoxy) is 1. The van der Waals surface area contributed by atoms with Crippen molar-refractivity contribution in [3.63, 3.8) is 0 Å². The molecule has 1 aromatic carbocycles. The number of aryl methyl sites for hydroxylation is 1. The molecule has 0 spiro atoms. The summed E-state index contributed by atoms with van der Waals surface area (Å²) in [6, 6.07) is 8.32. The molecule has 2 aromatic rings. The number of hydrogen-bond donors (Lipinski definition) is 0. The van der Waals surface area contributed by atoms with Crippen molar-refractivity contribution in [2.75, 3.05) is 7.11 Å². The van der Waals surface area contributed by atoms with Crippen molar-refractivity contribution in [2.45, 2.75) is 19.4 Å². The third-order valence-electron chi connectivity index (χ3n) is 2.79. The van der Waals surface area contributed by atoms with E-state index in [1.807, 2.05) is 12.1 Å². The number of unbranched alkanes of at least 4 members (excludes halogenated alkanes) is 1. The van der Waals surface area contributed by atoms with Crippen LogP contribution in [0, 0.1) is 0 Å². The summed E-state index contributed by atoms with van der Waals surface area (Å²) in [6.07, 6.45) is 6.30. The number of rotatable bonds is 5. The monoisotopic (exact) mass is 215 g/mol. The normalized spacial score (nSPS) is 10.6. The lowest BCUT2D eigenvalue weighted by molar-refractivity contribution is 0.415. The zero-order valence-corrected chi connectivity index (χ0v) is 9.65. The second kappa shape index (κ2) is 4.88. The molecule has 0 amide bonds. The third kappa shape index (κ3) is 2.11. The molecule has 0 aliphatic carbocycles. The van der Waals surface area contributed by atoms with Gasteiger partial charge in [0.2, 0.25) is 0 Å². The molecule has 0 aliphatic heterocycles. The van der Waals surface area contributed by atoms with Gasteiger partial charge in [-0.25, -0.2) is 0 Å². The Morgan fingerprint density at radius 2 is 2.25 bits per heavy atom. The predicted octanol–water partition coefficient (Wildman–Crippen LogP) is 3.62. The molecule has 0 saturated heterocycles. The smallest absolute Gasteiger partial charge is 0.119 e. The van der Waals surface area contributed by atoms with Crippen molar-refractivity contribution in [3.05, 3.63) is 43.1 Å². The number of aromatic nitrogens is 1. The third-order valence-corrected chi connectivity index (χ3v) is 2.79. The first kappa shape index (κ1) is 10.8. The van der Waals surface area contributed by atoms with Gasteiger partial charge in [-0.2, -0.15) is 0 Å². The molecule has 2 nitrogen and oxygen atoms in total. The summed E-state index contributed by atoms with van der Waals surface area (Å²) in [6.45, 7) is 4.78. The van der Waals surface area contributed by atoms with Crippen LogP contribution < -0.4 is 4.74 Å². The first-order chi connectivity index (χ1) is 7.85. The molecular formula is C14H17NO. The molecular weight excluding hydrogens is 198 g/mol. The van der Waals surface area contributed by atoms with E-state index in [0.717, 1.165) is 25.1 Å². The zero-order valence-electron chi connectivity index (χ0n) is 9.65. The van der Waals surface area contributed by atoms with Gasteiger partial charge in [-0.3, -0.25) is 0 Å². The van der Waals surface area contributed by atoms with Crippen LogP contribution in [0.1, 0.15) is 12.8 Å². The van der Waals surface area contributed by atoms with Crippen LogP contribution in [0.15, 0.2) is 43.1 Å². The van der Waals surface area contributed by atoms with Gasteiger partial charge in [0, 0.05) is 23.6 Å². The van der Waals surface area contributed by atoms with Crippen LogP contribution in [0.3, 0.4) is 0 Å². The topological polar surface area (TPSA) is 14.2 Å². The minimum absolute atomic E-state index is 0.913. The highest BCUT2D eigenvalue weighted by Gasteiger charge is 2.01. The van der Waals surface area contributed by atoms with E-state index >= 15 is 0 Å². The van der Waals surface area contributed by atoms with Gasteiger partial charge in [-0.05, 0) is 37.1 Å². The second-order valence-corrected chi connectivity index (χ2v) is 3.86. The molecule has 0 atom stereocenters. The number of nitrogens with zero attached hydrogens (tertiary/aromatic N) is 1. The lowest BCUT2D eigenvalue weighted by Gasteiger charge is -2.05. The summed E-state index contributed by atoms with van der Waals surface area (Å²) >= 11 is 0. The van der Waals surface area contributed by atoms with Gasteiger partial charge < -0.3 is 9.30 Å². The number of benzene rings is 1. The molecule has 2 rings (SSSR count). The van der Waals surface area contributed by atoms with Gasteiger partial charge >= 0.3 is 0 Å². The molecule has 0 aliphatic rings. The Morgan fingerprint density at radius 1 is 1.38 bits per heavy atom. The minimum atomic E-state index is 0.913. The summed E-state index contributed by atoms with van der Waals surface area (Å²) in [5.41, 5.74) is 1.27. The van der Waals surface area contributed by atoms with E-state index in [0.29, 0.717) is 0 Å². The quantitative estimate of drug-likeness (QED) is 0.549. The highest BCUT2D eigenvalue weighted by atomic mass is 16.5. The Bertz CT molecular complexity index is 484. The highest BCUT2D eigenvalue weighted by Crippen LogP contribution is 2.22. The summed E-state index contributed by atoms with van der Waals surface area (Å²) in [5.74, 6) is 0.913. The Labute approximate surface area is 96.1 Å². The molecule has 0 bridgehead atoms. The van der Waals surface area contributed by atoms with Crippen molar-refractivity contribution in [1.29, 1.82) is 0 Å². The van der Waals surface area contributed by atoms with E-state index in [9.17, 15) is 0 Å². The molecule has 0 N–H and O–H groups in total. The van der Waals surface area contributed by atoms with Crippen molar-refractivity contribution in [1.82, 2.24) is 4.57 Å². The van der Waals surface area contributed by atoms with Gasteiger partial charge in [-0.1, -0.05) is 6.08 Å². The maximum absolute atomic E-state index is 5.21. The average molecular weight is 215 g/mol. The number of allylic oxidation sites excluding steroid dienone is 1. The van der Waals surface area contributed by atoms with Gasteiger partial charge in [0.05, 0.1) is 7.11 Å². The summed E-state index contributed by atoms with van der Waals surface area (Å²) in [7, 11) is 1.70. The van der Waals surface area contributed by atoms with E-state index in [-0.39, 0.29) is 0 Å². The Morgan fingerprint density at radius 3 is 3.00 bits per heavy atom. The van der Waals surface area contributed by atoms with Crippen LogP contribution in [0.4, 0.5) is 0 Å². The van der Waals surface area contributed by atoms with Crippen LogP contribution in [-0.4, -0.2) is 11.7 Å². The standard InChI is InChI=1S/C14H17NO/c1-3-4-5-9-15-10-8-12-11-13(16-2)6-7-14(12)15/h3,6-8,10-11H,1,4-5,9H2,2H3.